The van der Waals surface area contributed by atoms with E-state index in [9.17, 15) is 121 Å². The maximum absolute atomic E-state index is 13.0. The second-order valence-corrected chi connectivity index (χ2v) is 27.9. The standard InChI is InChI=1S/C59H97NO40S2/c1-20(66)3-6-85-8-9-86-7-4-22(67)11-21(50(81)82)5-10-102-59-49-37(74)43(80)58(100-59)97-47-30(17-65)90-55(40(77)34(47)71)95-45-28(15-63)91-56(41(78)33(45)70)98-48-31(19-101-18-23(60-2)51(83)84)93-53(38(75)36(48)73)87-25-12-24(68)52(88-26(25)13-61)94-44-27(14-62)89-54(39(76)32(44)69)96-46-29(16-64)92-57(99-49)42(79)35(46)72/h21,23-49,52-65,68-80H,3-19H2,1-2H3,(H,81,82)(H,83,84)/t21-,23+,24?,25-,26?,27?,28?,29?,30?,31?,32+,33+,34+,35+,36+,37+,38?,39?,40?,41?,42?,43?,44+,45+,46+,47+,48+,49-,52+,53+,54+,55-,56-,57-,58-,59?/m0/s1. The van der Waals surface area contributed by atoms with Crippen LogP contribution in [-0.4, -0.2) is 424 Å². The number of aliphatic carboxylic acids is 2. The molecule has 41 nitrogen and oxygen atoms in total. The highest BCUT2D eigenvalue weighted by Gasteiger charge is 2.59. The number of likely N-dealkylation sites (N-methyl/N-ethyl adjacent to an activating group) is 1. The Morgan fingerprint density at radius 2 is 0.794 bits per heavy atom. The Kier molecular flexibility index (Phi) is 33.2. The first kappa shape index (κ1) is 85.2. The molecular formula is C59H97NO40S2. The van der Waals surface area contributed by atoms with Crippen molar-refractivity contribution in [2.75, 3.05) is 83.8 Å². The van der Waals surface area contributed by atoms with E-state index in [1.807, 2.05) is 0 Å². The van der Waals surface area contributed by atoms with Crippen LogP contribution in [0.4, 0.5) is 0 Å². The number of rotatable bonds is 27. The lowest BCUT2D eigenvalue weighted by Crippen LogP contribution is -2.68. The summed E-state index contributed by atoms with van der Waals surface area (Å²) in [6.07, 6.45) is -67.1. The first-order valence-electron chi connectivity index (χ1n) is 33.1. The van der Waals surface area contributed by atoms with Crippen LogP contribution in [-0.2, 0) is 95.0 Å². The minimum absolute atomic E-state index is 0.0713. The Morgan fingerprint density at radius 3 is 1.20 bits per heavy atom. The smallest absolute Gasteiger partial charge is 0.321 e. The Bertz CT molecular complexity index is 2580. The van der Waals surface area contributed by atoms with Crippen LogP contribution < -0.4 is 5.32 Å². The van der Waals surface area contributed by atoms with Crippen LogP contribution in [0, 0.1) is 5.92 Å². The van der Waals surface area contributed by atoms with E-state index in [2.05, 4.69) is 5.32 Å². The van der Waals surface area contributed by atoms with Crippen molar-refractivity contribution in [2.24, 2.45) is 5.92 Å². The van der Waals surface area contributed by atoms with Gasteiger partial charge >= 0.3 is 11.9 Å². The molecule has 0 amide bonds. The molecule has 21 saturated heterocycles. The zero-order valence-electron chi connectivity index (χ0n) is 55.2. The largest absolute Gasteiger partial charge is 0.481 e. The van der Waals surface area contributed by atoms with Gasteiger partial charge in [0.1, 0.15) is 170 Å². The zero-order chi connectivity index (χ0) is 74.5. The third-order valence-corrected chi connectivity index (χ3v) is 20.8. The highest BCUT2D eigenvalue weighted by Crippen LogP contribution is 2.41. The van der Waals surface area contributed by atoms with Crippen molar-refractivity contribution < 1.29 is 197 Å². The van der Waals surface area contributed by atoms with Crippen molar-refractivity contribution >= 4 is 47.0 Å². The fraction of sp³-hybridized carbons (Fsp3) is 0.932. The number of thioether (sulfide) groups is 2. The van der Waals surface area contributed by atoms with Crippen molar-refractivity contribution in [1.82, 2.24) is 5.32 Å². The van der Waals surface area contributed by atoms with Crippen molar-refractivity contribution in [1.29, 1.82) is 0 Å². The number of aliphatic hydroxyl groups is 18. The van der Waals surface area contributed by atoms with Crippen LogP contribution in [0.2, 0.25) is 0 Å². The molecule has 590 valence electrons. The van der Waals surface area contributed by atoms with E-state index >= 15 is 0 Å². The number of carboxylic acids is 2. The van der Waals surface area contributed by atoms with Gasteiger partial charge in [-0.3, -0.25) is 19.2 Å². The number of aliphatic hydroxyl groups excluding tert-OH is 18. The lowest BCUT2D eigenvalue weighted by Gasteiger charge is -2.50. The van der Waals surface area contributed by atoms with Crippen molar-refractivity contribution in [3.8, 4) is 0 Å². The highest BCUT2D eigenvalue weighted by molar-refractivity contribution is 7.99. The van der Waals surface area contributed by atoms with Gasteiger partial charge in [-0.05, 0) is 26.1 Å². The molecule has 0 spiro atoms. The fourth-order valence-electron chi connectivity index (χ4n) is 12.6. The second-order valence-electron chi connectivity index (χ2n) is 25.6. The lowest BCUT2D eigenvalue weighted by molar-refractivity contribution is -0.391. The Morgan fingerprint density at radius 1 is 0.431 bits per heavy atom. The van der Waals surface area contributed by atoms with Crippen LogP contribution in [0.1, 0.15) is 39.0 Å². The first-order valence-corrected chi connectivity index (χ1v) is 35.3. The Hall–Kier alpha value is -2.42. The maximum atomic E-state index is 13.0. The summed E-state index contributed by atoms with van der Waals surface area (Å²) >= 11 is 1.60. The van der Waals surface area contributed by atoms with E-state index in [0.29, 0.717) is 11.8 Å². The molecule has 21 fully saturated rings. The Balaban J connectivity index is 1.07. The molecule has 0 radical (unpaired) electrons. The summed E-state index contributed by atoms with van der Waals surface area (Å²) in [5.74, 6) is -5.33. The molecule has 21 N–H and O–H groups in total. The predicted octanol–water partition coefficient (Wildman–Crippen LogP) is -11.6. The molecule has 21 rings (SSSR count). The van der Waals surface area contributed by atoms with Crippen molar-refractivity contribution in [3.05, 3.63) is 0 Å². The van der Waals surface area contributed by atoms with Crippen molar-refractivity contribution in [2.45, 2.75) is 253 Å². The molecule has 36 atom stereocenters. The van der Waals surface area contributed by atoms with Crippen LogP contribution in [0.3, 0.4) is 0 Å². The van der Waals surface area contributed by atoms with Gasteiger partial charge in [-0.15, -0.1) is 11.8 Å². The molecule has 14 unspecified atom stereocenters. The fourth-order valence-corrected chi connectivity index (χ4v) is 15.0. The minimum Gasteiger partial charge on any atom is -0.481 e. The third-order valence-electron chi connectivity index (χ3n) is 18.5. The summed E-state index contributed by atoms with van der Waals surface area (Å²) in [6.45, 7) is -3.58. The van der Waals surface area contributed by atoms with Crippen LogP contribution >= 0.6 is 23.5 Å². The first-order chi connectivity index (χ1) is 48.6. The summed E-state index contributed by atoms with van der Waals surface area (Å²) < 4.78 is 93.8. The average molecular weight is 1520 g/mol. The molecule has 21 heterocycles. The predicted molar refractivity (Wildman–Crippen MR) is 330 cm³/mol. The summed E-state index contributed by atoms with van der Waals surface area (Å²) in [5, 5.41) is 228. The quantitative estimate of drug-likeness (QED) is 0.0340. The number of carbonyl (C=O) groups excluding carboxylic acids is 2. The van der Waals surface area contributed by atoms with Crippen LogP contribution in [0.15, 0.2) is 0 Å². The number of carbonyl (C=O) groups is 4. The Labute approximate surface area is 590 Å². The number of nitrogens with one attached hydrogen (secondary N) is 1. The number of hydrogen-bond donors (Lipinski definition) is 21. The molecule has 21 aliphatic heterocycles. The van der Waals surface area contributed by atoms with Gasteiger partial charge in [-0.2, -0.15) is 11.8 Å². The van der Waals surface area contributed by atoms with Crippen LogP contribution in [0.25, 0.3) is 0 Å². The van der Waals surface area contributed by atoms with E-state index in [1.165, 1.54) is 14.0 Å². The van der Waals surface area contributed by atoms with Gasteiger partial charge in [-0.1, -0.05) is 0 Å². The third kappa shape index (κ3) is 20.9. The summed E-state index contributed by atoms with van der Waals surface area (Å²) in [6, 6.07) is -1.15. The van der Waals surface area contributed by atoms with E-state index in [-0.39, 0.29) is 68.7 Å². The second kappa shape index (κ2) is 39.8. The molecule has 102 heavy (non-hydrogen) atoms. The summed E-state index contributed by atoms with van der Waals surface area (Å²) in [5.41, 5.74) is -1.71. The van der Waals surface area contributed by atoms with Gasteiger partial charge < -0.3 is 183 Å². The monoisotopic (exact) mass is 1520 g/mol. The molecule has 21 aliphatic rings. The summed E-state index contributed by atoms with van der Waals surface area (Å²) in [7, 11) is 1.37. The van der Waals surface area contributed by atoms with Crippen LogP contribution in [0.5, 0.6) is 0 Å². The molecule has 0 aliphatic carbocycles. The van der Waals surface area contributed by atoms with Gasteiger partial charge in [0, 0.05) is 37.2 Å². The van der Waals surface area contributed by atoms with E-state index in [1.54, 1.807) is 0 Å². The number of ketones is 2. The molecule has 0 aromatic heterocycles. The minimum atomic E-state index is -2.30. The molecule has 43 heteroatoms. The number of hydrogen-bond acceptors (Lipinski definition) is 41. The molecule has 0 aromatic rings. The SMILES string of the molecule is CN[C@H](CSCC1O[C@H]2O[C@H]3CC(O)[C@H](OC3CO)O[C@@H]3C(CO)O[C@H](O[C@@H]4C(CO)O[C@@H](O[C@@H]5C(SCC[C@@H](CC(=O)CCOCCOCCC(C)=O)C(=O)O)O[C@H](O[C@@H]6C(CO)O[C@@H](O[C@@H]7C(CO)O[C@@H](O[C@H]1[C@H](O)C2O)C(O)[C@H]7O)C(O)[C@H]6O)C(O)[C@H]5O)C(O)[C@H]4O)C(O)[C@H]3O)C(=O)O. The van der Waals surface area contributed by atoms with E-state index < -0.39 is 284 Å². The lowest BCUT2D eigenvalue weighted by atomic mass is 9.95. The molecular weight excluding hydrogens is 1430 g/mol. The van der Waals surface area contributed by atoms with Gasteiger partial charge in [0.2, 0.25) is 0 Å². The van der Waals surface area contributed by atoms with Gasteiger partial charge in [0.25, 0.3) is 0 Å². The molecule has 14 bridgehead atoms. The average Bonchev–Trinajstić information content (AvgIpc) is 0.780. The number of ether oxygens (including phenoxy) is 16. The van der Waals surface area contributed by atoms with Gasteiger partial charge in [0.05, 0.1) is 77.6 Å². The maximum Gasteiger partial charge on any atom is 0.321 e. The highest BCUT2D eigenvalue weighted by atomic mass is 32.2. The zero-order valence-corrected chi connectivity index (χ0v) is 56.9. The number of carboxylic acid groups (broad SMARTS) is 2. The molecule has 0 saturated carbocycles. The van der Waals surface area contributed by atoms with Crippen molar-refractivity contribution in [3.63, 3.8) is 0 Å². The van der Waals surface area contributed by atoms with E-state index in [0.717, 1.165) is 11.8 Å². The topological polar surface area (TPSA) is 633 Å². The number of Topliss-reactive ketones (excluding diaryl/α,β-unsaturated/α-hetero) is 2. The van der Waals surface area contributed by atoms with E-state index in [4.69, 9.17) is 75.8 Å². The normalized spacial score (nSPS) is 44.5. The summed E-state index contributed by atoms with van der Waals surface area (Å²) in [4.78, 5) is 48.7. The molecule has 0 aromatic carbocycles. The van der Waals surface area contributed by atoms with Gasteiger partial charge in [-0.25, -0.2) is 0 Å². The van der Waals surface area contributed by atoms with Gasteiger partial charge in [0.15, 0.2) is 44.0 Å².